The lowest BCUT2D eigenvalue weighted by atomic mass is 10.1. The molecule has 0 spiro atoms. The van der Waals surface area contributed by atoms with Crippen LogP contribution >= 0.6 is 11.8 Å². The average Bonchev–Trinajstić information content (AvgIpc) is 2.83. The van der Waals surface area contributed by atoms with E-state index in [0.29, 0.717) is 48.9 Å². The number of thioether (sulfide) groups is 1. The standard InChI is InChI=1S/C23H27N3O5S/c1-29-18-5-3-15(13-19(18)30-2)7-8-24-21(27)16-4-6-20-17(14-16)25-22(28)23(32-20)26-9-11-31-12-10-26/h3-6,13-14,23H,7-12H2,1-2H3,(H,24,27)(H,25,28)/t23-/m0/s1. The van der Waals surface area contributed by atoms with E-state index >= 15 is 0 Å². The first-order valence-corrected chi connectivity index (χ1v) is 11.4. The van der Waals surface area contributed by atoms with Crippen LogP contribution in [0.4, 0.5) is 5.69 Å². The normalized spacial score (nSPS) is 18.4. The highest BCUT2D eigenvalue weighted by Gasteiger charge is 2.33. The first-order valence-electron chi connectivity index (χ1n) is 10.5. The molecule has 170 valence electrons. The van der Waals surface area contributed by atoms with Gasteiger partial charge in [0.05, 0.1) is 33.1 Å². The Kier molecular flexibility index (Phi) is 7.19. The zero-order valence-electron chi connectivity index (χ0n) is 18.2. The molecule has 0 unspecified atom stereocenters. The summed E-state index contributed by atoms with van der Waals surface area (Å²) >= 11 is 1.52. The van der Waals surface area contributed by atoms with Crippen molar-refractivity contribution in [2.24, 2.45) is 0 Å². The van der Waals surface area contributed by atoms with E-state index in [9.17, 15) is 9.59 Å². The third kappa shape index (κ3) is 5.01. The molecule has 1 fully saturated rings. The third-order valence-electron chi connectivity index (χ3n) is 5.49. The first-order chi connectivity index (χ1) is 15.6. The van der Waals surface area contributed by atoms with E-state index in [1.165, 1.54) is 11.8 Å². The molecule has 2 amide bonds. The van der Waals surface area contributed by atoms with Gasteiger partial charge in [-0.15, -0.1) is 0 Å². The van der Waals surface area contributed by atoms with Gasteiger partial charge in [-0.1, -0.05) is 17.8 Å². The maximum atomic E-state index is 12.6. The van der Waals surface area contributed by atoms with Crippen LogP contribution in [0.2, 0.25) is 0 Å². The van der Waals surface area contributed by atoms with Gasteiger partial charge in [-0.25, -0.2) is 0 Å². The maximum absolute atomic E-state index is 12.6. The Morgan fingerprint density at radius 1 is 1.16 bits per heavy atom. The topological polar surface area (TPSA) is 89.1 Å². The van der Waals surface area contributed by atoms with E-state index in [0.717, 1.165) is 23.5 Å². The molecule has 2 N–H and O–H groups in total. The molecule has 0 aliphatic carbocycles. The molecule has 2 aliphatic rings. The van der Waals surface area contributed by atoms with Gasteiger partial charge in [0.25, 0.3) is 11.8 Å². The molecule has 9 heteroatoms. The third-order valence-corrected chi connectivity index (χ3v) is 6.83. The SMILES string of the molecule is COc1ccc(CCNC(=O)c2ccc3c(c2)NC(=O)[C@@H](N2CCOCC2)S3)cc1OC. The van der Waals surface area contributed by atoms with Crippen LogP contribution in [0.15, 0.2) is 41.3 Å². The molecule has 0 radical (unpaired) electrons. The van der Waals surface area contributed by atoms with E-state index in [1.807, 2.05) is 24.3 Å². The quantitative estimate of drug-likeness (QED) is 0.660. The number of morpholine rings is 1. The number of carbonyl (C=O) groups excluding carboxylic acids is 2. The number of nitrogens with zero attached hydrogens (tertiary/aromatic N) is 1. The van der Waals surface area contributed by atoms with Crippen molar-refractivity contribution in [3.8, 4) is 11.5 Å². The van der Waals surface area contributed by atoms with Gasteiger partial charge < -0.3 is 24.8 Å². The van der Waals surface area contributed by atoms with E-state index in [2.05, 4.69) is 15.5 Å². The Balaban J connectivity index is 1.35. The van der Waals surface area contributed by atoms with Gasteiger partial charge in [-0.2, -0.15) is 0 Å². The molecule has 2 aromatic rings. The molecule has 2 heterocycles. The smallest absolute Gasteiger partial charge is 0.252 e. The second kappa shape index (κ2) is 10.2. The largest absolute Gasteiger partial charge is 0.493 e. The van der Waals surface area contributed by atoms with Crippen LogP contribution < -0.4 is 20.1 Å². The molecule has 0 saturated carbocycles. The second-order valence-electron chi connectivity index (χ2n) is 7.51. The van der Waals surface area contributed by atoms with Crippen molar-refractivity contribution in [3.05, 3.63) is 47.5 Å². The number of carbonyl (C=O) groups is 2. The lowest BCUT2D eigenvalue weighted by molar-refractivity contribution is -0.119. The van der Waals surface area contributed by atoms with Gasteiger partial charge >= 0.3 is 0 Å². The van der Waals surface area contributed by atoms with E-state index in [-0.39, 0.29) is 17.2 Å². The molecule has 32 heavy (non-hydrogen) atoms. The number of hydrogen-bond donors (Lipinski definition) is 2. The summed E-state index contributed by atoms with van der Waals surface area (Å²) < 4.78 is 16.0. The predicted octanol–water partition coefficient (Wildman–Crippen LogP) is 2.38. The molecule has 4 rings (SSSR count). The highest BCUT2D eigenvalue weighted by molar-refractivity contribution is 8.00. The molecule has 1 saturated heterocycles. The van der Waals surface area contributed by atoms with E-state index in [1.54, 1.807) is 26.4 Å². The van der Waals surface area contributed by atoms with Crippen molar-refractivity contribution in [2.45, 2.75) is 16.7 Å². The monoisotopic (exact) mass is 457 g/mol. The molecule has 1 atom stereocenters. The minimum atomic E-state index is -0.271. The summed E-state index contributed by atoms with van der Waals surface area (Å²) in [6, 6.07) is 11.1. The lowest BCUT2D eigenvalue weighted by Gasteiger charge is -2.35. The van der Waals surface area contributed by atoms with Gasteiger partial charge in [0.1, 0.15) is 5.37 Å². The van der Waals surface area contributed by atoms with Crippen LogP contribution in [0.25, 0.3) is 0 Å². The van der Waals surface area contributed by atoms with Crippen molar-refractivity contribution in [1.29, 1.82) is 0 Å². The first kappa shape index (κ1) is 22.4. The number of nitrogens with one attached hydrogen (secondary N) is 2. The van der Waals surface area contributed by atoms with Crippen molar-refractivity contribution in [1.82, 2.24) is 10.2 Å². The number of fused-ring (bicyclic) bond motifs is 1. The summed E-state index contributed by atoms with van der Waals surface area (Å²) in [5.74, 6) is 1.10. The van der Waals surface area contributed by atoms with Crippen LogP contribution in [0.5, 0.6) is 11.5 Å². The van der Waals surface area contributed by atoms with Crippen molar-refractivity contribution in [2.75, 3.05) is 52.4 Å². The molecule has 2 aromatic carbocycles. The fourth-order valence-electron chi connectivity index (χ4n) is 3.75. The van der Waals surface area contributed by atoms with Gasteiger partial charge in [0, 0.05) is 30.1 Å². The summed E-state index contributed by atoms with van der Waals surface area (Å²) in [6.07, 6.45) is 0.658. The number of methoxy groups -OCH3 is 2. The van der Waals surface area contributed by atoms with Gasteiger partial charge in [-0.05, 0) is 42.3 Å². The summed E-state index contributed by atoms with van der Waals surface area (Å²) in [5, 5.41) is 5.63. The van der Waals surface area contributed by atoms with Crippen LogP contribution in [-0.2, 0) is 16.0 Å². The molecular formula is C23H27N3O5S. The van der Waals surface area contributed by atoms with Gasteiger partial charge in [0.15, 0.2) is 11.5 Å². The summed E-state index contributed by atoms with van der Waals surface area (Å²) in [6.45, 7) is 3.23. The van der Waals surface area contributed by atoms with Crippen LogP contribution in [0.3, 0.4) is 0 Å². The van der Waals surface area contributed by atoms with Crippen molar-refractivity contribution in [3.63, 3.8) is 0 Å². The average molecular weight is 458 g/mol. The lowest BCUT2D eigenvalue weighted by Crippen LogP contribution is -2.48. The molecular weight excluding hydrogens is 430 g/mol. The minimum Gasteiger partial charge on any atom is -0.493 e. The van der Waals surface area contributed by atoms with E-state index in [4.69, 9.17) is 14.2 Å². The number of benzene rings is 2. The number of ether oxygens (including phenoxy) is 3. The van der Waals surface area contributed by atoms with Gasteiger partial charge in [-0.3, -0.25) is 14.5 Å². The fourth-order valence-corrected chi connectivity index (χ4v) is 4.90. The number of rotatable bonds is 7. The van der Waals surface area contributed by atoms with Crippen LogP contribution in [-0.4, -0.2) is 69.2 Å². The summed E-state index contributed by atoms with van der Waals surface area (Å²) in [4.78, 5) is 28.4. The highest BCUT2D eigenvalue weighted by atomic mass is 32.2. The number of amides is 2. The summed E-state index contributed by atoms with van der Waals surface area (Å²) in [5.41, 5.74) is 2.23. The Morgan fingerprint density at radius 3 is 2.69 bits per heavy atom. The molecule has 0 bridgehead atoms. The predicted molar refractivity (Wildman–Crippen MR) is 123 cm³/mol. The Morgan fingerprint density at radius 2 is 1.94 bits per heavy atom. The molecule has 8 nitrogen and oxygen atoms in total. The molecule has 0 aromatic heterocycles. The van der Waals surface area contributed by atoms with Gasteiger partial charge in [0.2, 0.25) is 0 Å². The maximum Gasteiger partial charge on any atom is 0.252 e. The fraction of sp³-hybridized carbons (Fsp3) is 0.391. The van der Waals surface area contributed by atoms with Crippen molar-refractivity contribution >= 4 is 29.3 Å². The Bertz CT molecular complexity index is 994. The second-order valence-corrected chi connectivity index (χ2v) is 8.64. The zero-order chi connectivity index (χ0) is 22.5. The Hall–Kier alpha value is -2.75. The van der Waals surface area contributed by atoms with Crippen LogP contribution in [0, 0.1) is 0 Å². The number of hydrogen-bond acceptors (Lipinski definition) is 7. The highest BCUT2D eigenvalue weighted by Crippen LogP contribution is 2.37. The number of anilines is 1. The minimum absolute atomic E-state index is 0.0598. The Labute approximate surface area is 191 Å². The van der Waals surface area contributed by atoms with Crippen molar-refractivity contribution < 1.29 is 23.8 Å². The summed E-state index contributed by atoms with van der Waals surface area (Å²) in [7, 11) is 3.19. The zero-order valence-corrected chi connectivity index (χ0v) is 19.0. The van der Waals surface area contributed by atoms with Crippen LogP contribution in [0.1, 0.15) is 15.9 Å². The molecule has 2 aliphatic heterocycles. The van der Waals surface area contributed by atoms with E-state index < -0.39 is 0 Å².